The van der Waals surface area contributed by atoms with Gasteiger partial charge < -0.3 is 5.32 Å². The molecule has 5 nitrogen and oxygen atoms in total. The predicted octanol–water partition coefficient (Wildman–Crippen LogP) is 5.29. The number of thiazole rings is 1. The van der Waals surface area contributed by atoms with Crippen molar-refractivity contribution in [3.05, 3.63) is 64.8 Å². The Morgan fingerprint density at radius 1 is 1.17 bits per heavy atom. The lowest BCUT2D eigenvalue weighted by Crippen LogP contribution is -2.24. The van der Waals surface area contributed by atoms with Crippen LogP contribution in [-0.2, 0) is 4.79 Å². The van der Waals surface area contributed by atoms with E-state index in [1.54, 1.807) is 27.8 Å². The molecule has 1 atom stereocenters. The molecule has 0 saturated heterocycles. The average molecular weight is 421 g/mol. The van der Waals surface area contributed by atoms with E-state index in [1.165, 1.54) is 10.5 Å². The number of aryl methyl sites for hydroxylation is 2. The highest BCUT2D eigenvalue weighted by molar-refractivity contribution is 7.98. The third-order valence-electron chi connectivity index (χ3n) is 5.33. The van der Waals surface area contributed by atoms with Crippen LogP contribution in [0.25, 0.3) is 15.3 Å². The first kappa shape index (κ1) is 18.4. The number of aromatic nitrogens is 3. The van der Waals surface area contributed by atoms with Crippen molar-refractivity contribution in [3.63, 3.8) is 0 Å². The zero-order valence-electron chi connectivity index (χ0n) is 16.4. The molecule has 146 valence electrons. The molecule has 0 radical (unpaired) electrons. The molecule has 1 aliphatic heterocycles. The van der Waals surface area contributed by atoms with Crippen LogP contribution in [0, 0.1) is 13.8 Å². The van der Waals surface area contributed by atoms with E-state index < -0.39 is 0 Å². The second-order valence-electron chi connectivity index (χ2n) is 7.31. The van der Waals surface area contributed by atoms with E-state index in [2.05, 4.69) is 54.9 Å². The molecule has 0 bridgehead atoms. The smallest absolute Gasteiger partial charge is 0.226 e. The summed E-state index contributed by atoms with van der Waals surface area (Å²) in [4.78, 5) is 18.5. The zero-order chi connectivity index (χ0) is 20.1. The maximum atomic E-state index is 12.6. The van der Waals surface area contributed by atoms with Crippen molar-refractivity contribution in [2.75, 3.05) is 11.6 Å². The minimum atomic E-state index is 0.0000268. The number of thioether (sulfide) groups is 1. The van der Waals surface area contributed by atoms with Gasteiger partial charge >= 0.3 is 0 Å². The summed E-state index contributed by atoms with van der Waals surface area (Å²) in [5.41, 5.74) is 5.30. The Hall–Kier alpha value is -2.64. The van der Waals surface area contributed by atoms with E-state index in [0.29, 0.717) is 6.42 Å². The molecule has 0 spiro atoms. The third-order valence-corrected chi connectivity index (χ3v) is 7.07. The number of benzene rings is 2. The minimum Gasteiger partial charge on any atom is -0.310 e. The van der Waals surface area contributed by atoms with E-state index in [9.17, 15) is 4.79 Å². The highest BCUT2D eigenvalue weighted by atomic mass is 32.2. The molecule has 0 saturated carbocycles. The van der Waals surface area contributed by atoms with Crippen LogP contribution in [0.15, 0.2) is 47.4 Å². The van der Waals surface area contributed by atoms with Gasteiger partial charge in [0.15, 0.2) is 0 Å². The largest absolute Gasteiger partial charge is 0.310 e. The van der Waals surface area contributed by atoms with Crippen LogP contribution in [0.2, 0.25) is 0 Å². The van der Waals surface area contributed by atoms with Crippen LogP contribution in [0.1, 0.15) is 34.7 Å². The molecule has 0 fully saturated rings. The van der Waals surface area contributed by atoms with E-state index in [4.69, 9.17) is 10.1 Å². The first-order valence-corrected chi connectivity index (χ1v) is 11.5. The molecule has 1 aliphatic rings. The molecule has 1 N–H and O–H groups in total. The lowest BCUT2D eigenvalue weighted by molar-refractivity contribution is -0.116. The van der Waals surface area contributed by atoms with Gasteiger partial charge in [0.2, 0.25) is 11.0 Å². The summed E-state index contributed by atoms with van der Waals surface area (Å²) in [6, 6.07) is 14.7. The second-order valence-corrected chi connectivity index (χ2v) is 9.19. The maximum Gasteiger partial charge on any atom is 0.226 e. The molecule has 2 aromatic heterocycles. The lowest BCUT2D eigenvalue weighted by atomic mass is 9.86. The molecule has 5 rings (SSSR count). The van der Waals surface area contributed by atoms with Gasteiger partial charge in [-0.3, -0.25) is 4.79 Å². The molecular weight excluding hydrogens is 400 g/mol. The van der Waals surface area contributed by atoms with Gasteiger partial charge in [-0.15, -0.1) is 11.8 Å². The van der Waals surface area contributed by atoms with Crippen LogP contribution in [0.5, 0.6) is 0 Å². The van der Waals surface area contributed by atoms with Crippen molar-refractivity contribution in [2.24, 2.45) is 0 Å². The highest BCUT2D eigenvalue weighted by Crippen LogP contribution is 2.41. The number of rotatable bonds is 3. The number of hydrogen-bond acceptors (Lipinski definition) is 5. The molecule has 2 aromatic carbocycles. The Labute approximate surface area is 177 Å². The van der Waals surface area contributed by atoms with Crippen LogP contribution in [0.3, 0.4) is 0 Å². The lowest BCUT2D eigenvalue weighted by Gasteiger charge is -2.24. The summed E-state index contributed by atoms with van der Waals surface area (Å²) in [5.74, 6) is 0.753. The molecule has 1 amide bonds. The fourth-order valence-corrected chi connectivity index (χ4v) is 5.35. The van der Waals surface area contributed by atoms with Gasteiger partial charge in [-0.2, -0.15) is 9.78 Å². The third kappa shape index (κ3) is 3.14. The summed E-state index contributed by atoms with van der Waals surface area (Å²) in [6.07, 6.45) is 2.49. The predicted molar refractivity (Wildman–Crippen MR) is 120 cm³/mol. The van der Waals surface area contributed by atoms with E-state index in [-0.39, 0.29) is 11.8 Å². The monoisotopic (exact) mass is 420 g/mol. The Kier molecular flexibility index (Phi) is 4.44. The van der Waals surface area contributed by atoms with Crippen molar-refractivity contribution >= 4 is 45.0 Å². The first-order valence-electron chi connectivity index (χ1n) is 9.44. The van der Waals surface area contributed by atoms with E-state index in [1.807, 2.05) is 13.0 Å². The normalized spacial score (nSPS) is 16.1. The minimum absolute atomic E-state index is 0.0000268. The average Bonchev–Trinajstić information content (AvgIpc) is 3.28. The Balaban J connectivity index is 1.64. The van der Waals surface area contributed by atoms with E-state index in [0.717, 1.165) is 38.0 Å². The number of anilines is 1. The SMILES string of the molecule is CSc1ccc(C2CC(=O)Nc3c2c(C)nn3-c2nc3ccc(C)cc3s2)cc1. The Bertz CT molecular complexity index is 1240. The fourth-order valence-electron chi connectivity index (χ4n) is 3.92. The quantitative estimate of drug-likeness (QED) is 0.457. The van der Waals surface area contributed by atoms with Crippen molar-refractivity contribution in [1.82, 2.24) is 14.8 Å². The standard InChI is InChI=1S/C22H20N4OS2/c1-12-4-9-17-18(10-12)29-22(23-17)26-21-20(13(2)25-26)16(11-19(27)24-21)14-5-7-15(28-3)8-6-14/h4-10,16H,11H2,1-3H3,(H,24,27). The van der Waals surface area contributed by atoms with Gasteiger partial charge in [0, 0.05) is 22.8 Å². The van der Waals surface area contributed by atoms with Crippen molar-refractivity contribution in [1.29, 1.82) is 0 Å². The van der Waals surface area contributed by atoms with Gasteiger partial charge in [0.05, 0.1) is 15.9 Å². The number of carbonyl (C=O) groups is 1. The van der Waals surface area contributed by atoms with Gasteiger partial charge in [0.25, 0.3) is 0 Å². The molecule has 4 aromatic rings. The summed E-state index contributed by atoms with van der Waals surface area (Å²) in [5, 5.41) is 8.59. The molecule has 3 heterocycles. The molecular formula is C22H20N4OS2. The summed E-state index contributed by atoms with van der Waals surface area (Å²) in [7, 11) is 0. The second kappa shape index (κ2) is 7.00. The summed E-state index contributed by atoms with van der Waals surface area (Å²) >= 11 is 3.30. The maximum absolute atomic E-state index is 12.6. The Morgan fingerprint density at radius 2 is 1.97 bits per heavy atom. The van der Waals surface area contributed by atoms with Gasteiger partial charge in [-0.1, -0.05) is 29.5 Å². The van der Waals surface area contributed by atoms with E-state index >= 15 is 0 Å². The molecule has 1 unspecified atom stereocenters. The highest BCUT2D eigenvalue weighted by Gasteiger charge is 2.33. The number of nitrogens with zero attached hydrogens (tertiary/aromatic N) is 3. The van der Waals surface area contributed by atoms with Crippen LogP contribution in [0.4, 0.5) is 5.82 Å². The molecule has 0 aliphatic carbocycles. The van der Waals surface area contributed by atoms with Crippen LogP contribution >= 0.6 is 23.1 Å². The molecule has 29 heavy (non-hydrogen) atoms. The molecule has 7 heteroatoms. The number of amides is 1. The fraction of sp³-hybridized carbons (Fsp3) is 0.227. The number of nitrogens with one attached hydrogen (secondary N) is 1. The zero-order valence-corrected chi connectivity index (χ0v) is 18.0. The van der Waals surface area contributed by atoms with Gasteiger partial charge in [-0.25, -0.2) is 4.98 Å². The number of fused-ring (bicyclic) bond motifs is 2. The first-order chi connectivity index (χ1) is 14.0. The van der Waals surface area contributed by atoms with Gasteiger partial charge in [-0.05, 0) is 55.5 Å². The van der Waals surface area contributed by atoms with Crippen LogP contribution < -0.4 is 5.32 Å². The van der Waals surface area contributed by atoms with Crippen LogP contribution in [-0.4, -0.2) is 26.9 Å². The van der Waals surface area contributed by atoms with Gasteiger partial charge in [0.1, 0.15) is 5.82 Å². The van der Waals surface area contributed by atoms with Crippen molar-refractivity contribution in [2.45, 2.75) is 31.1 Å². The summed E-state index contributed by atoms with van der Waals surface area (Å²) in [6.45, 7) is 4.08. The van der Waals surface area contributed by atoms with Crippen molar-refractivity contribution in [3.8, 4) is 5.13 Å². The van der Waals surface area contributed by atoms with Crippen molar-refractivity contribution < 1.29 is 4.79 Å². The number of carbonyl (C=O) groups excluding carboxylic acids is 1. The summed E-state index contributed by atoms with van der Waals surface area (Å²) < 4.78 is 2.92. The Morgan fingerprint density at radius 3 is 2.72 bits per heavy atom. The topological polar surface area (TPSA) is 59.8 Å². The number of hydrogen-bond donors (Lipinski definition) is 1.